The molecule has 0 unspecified atom stereocenters. The van der Waals surface area contributed by atoms with Crippen LogP contribution in [0.25, 0.3) is 5.57 Å². The van der Waals surface area contributed by atoms with E-state index in [0.717, 1.165) is 5.57 Å². The van der Waals surface area contributed by atoms with Gasteiger partial charge in [0.1, 0.15) is 0 Å². The number of hydrogen-bond acceptors (Lipinski definition) is 3. The van der Waals surface area contributed by atoms with Crippen LogP contribution < -0.4 is 0 Å². The lowest BCUT2D eigenvalue weighted by molar-refractivity contribution is -0.109. The van der Waals surface area contributed by atoms with Gasteiger partial charge in [0.15, 0.2) is 0 Å². The van der Waals surface area contributed by atoms with E-state index in [0.29, 0.717) is 0 Å². The zero-order chi connectivity index (χ0) is 14.3. The molecule has 5 heteroatoms. The van der Waals surface area contributed by atoms with Gasteiger partial charge in [-0.2, -0.15) is 8.42 Å². The molecule has 0 bridgehead atoms. The molecule has 0 radical (unpaired) electrons. The Labute approximate surface area is 107 Å². The minimum Gasteiger partial charge on any atom is -0.279 e. The smallest absolute Gasteiger partial charge is 0.279 e. The van der Waals surface area contributed by atoms with Gasteiger partial charge in [0, 0.05) is 5.57 Å². The number of rotatable bonds is 2. The summed E-state index contributed by atoms with van der Waals surface area (Å²) in [5.74, 6) is 0. The number of carbonyl (C=O) groups excluding carboxylic acids is 1. The molecule has 0 spiro atoms. The van der Waals surface area contributed by atoms with Crippen molar-refractivity contribution in [3.05, 3.63) is 54.6 Å². The largest absolute Gasteiger partial charge is 0.333 e. The van der Waals surface area contributed by atoms with Crippen LogP contribution in [-0.4, -0.2) is 18.1 Å². The van der Waals surface area contributed by atoms with Crippen LogP contribution in [-0.2, 0) is 14.9 Å². The van der Waals surface area contributed by atoms with E-state index >= 15 is 0 Å². The molecule has 1 N–H and O–H groups in total. The average molecular weight is 268 g/mol. The van der Waals surface area contributed by atoms with Crippen molar-refractivity contribution in [2.45, 2.75) is 13.8 Å². The van der Waals surface area contributed by atoms with Crippen molar-refractivity contribution in [1.29, 1.82) is 0 Å². The third kappa shape index (κ3) is 6.12. The molecular weight excluding hydrogens is 252 g/mol. The first-order valence-electron chi connectivity index (χ1n) is 5.04. The second kappa shape index (κ2) is 6.88. The van der Waals surface area contributed by atoms with Crippen molar-refractivity contribution in [2.75, 3.05) is 0 Å². The molecule has 0 saturated heterocycles. The fraction of sp³-hybridized carbons (Fsp3) is 0.154. The molecule has 0 aromatic heterocycles. The molecule has 0 saturated carbocycles. The van der Waals surface area contributed by atoms with Crippen molar-refractivity contribution < 1.29 is 17.8 Å². The van der Waals surface area contributed by atoms with E-state index in [4.69, 9.17) is 4.55 Å². The molecule has 0 aliphatic carbocycles. The lowest BCUT2D eigenvalue weighted by Gasteiger charge is -1.94. The van der Waals surface area contributed by atoms with E-state index in [-0.39, 0.29) is 5.57 Å². The van der Waals surface area contributed by atoms with Crippen LogP contribution in [0.15, 0.2) is 49.1 Å². The number of hydrogen-bond donors (Lipinski definition) is 1. The molecule has 18 heavy (non-hydrogen) atoms. The second-order valence-corrected chi connectivity index (χ2v) is 5.01. The average Bonchev–Trinajstić information content (AvgIpc) is 2.28. The number of allylic oxidation sites excluding steroid dienone is 1. The van der Waals surface area contributed by atoms with Crippen molar-refractivity contribution in [2.24, 2.45) is 0 Å². The van der Waals surface area contributed by atoms with Gasteiger partial charge in [-0.1, -0.05) is 49.1 Å². The highest BCUT2D eigenvalue weighted by Gasteiger charge is 2.17. The van der Waals surface area contributed by atoms with E-state index in [2.05, 4.69) is 25.3 Å². The summed E-state index contributed by atoms with van der Waals surface area (Å²) in [5.41, 5.74) is 2.14. The lowest BCUT2D eigenvalue weighted by atomic mass is 10.1. The Bertz CT molecular complexity index is 542. The van der Waals surface area contributed by atoms with Gasteiger partial charge in [0.2, 0.25) is 0 Å². The van der Waals surface area contributed by atoms with Crippen LogP contribution >= 0.6 is 0 Å². The molecule has 0 amide bonds. The van der Waals surface area contributed by atoms with Crippen molar-refractivity contribution >= 4 is 20.8 Å². The highest BCUT2D eigenvalue weighted by Crippen LogP contribution is 2.08. The van der Waals surface area contributed by atoms with Crippen LogP contribution in [0.2, 0.25) is 0 Å². The number of carbonyl (C=O) groups is 1. The van der Waals surface area contributed by atoms with Crippen molar-refractivity contribution in [1.82, 2.24) is 0 Å². The molecule has 1 rings (SSSR count). The summed E-state index contributed by atoms with van der Waals surface area (Å²) in [7, 11) is -4.54. The quantitative estimate of drug-likeness (QED) is 0.661. The lowest BCUT2D eigenvalue weighted by Crippen LogP contribution is -2.13. The maximum atomic E-state index is 10.2. The van der Waals surface area contributed by atoms with Gasteiger partial charge < -0.3 is 0 Å². The predicted octanol–water partition coefficient (Wildman–Crippen LogP) is 2.70. The topological polar surface area (TPSA) is 71.4 Å². The Morgan fingerprint density at radius 1 is 1.11 bits per heavy atom. The Kier molecular flexibility index (Phi) is 6.22. The Morgan fingerprint density at radius 3 is 1.72 bits per heavy atom. The van der Waals surface area contributed by atoms with E-state index in [1.54, 1.807) is 0 Å². The van der Waals surface area contributed by atoms with Gasteiger partial charge in [0.05, 0.1) is 0 Å². The molecule has 98 valence electrons. The zero-order valence-electron chi connectivity index (χ0n) is 10.4. The van der Waals surface area contributed by atoms with E-state index in [9.17, 15) is 13.2 Å². The van der Waals surface area contributed by atoms with Crippen LogP contribution in [0.5, 0.6) is 0 Å². The summed E-state index contributed by atoms with van der Waals surface area (Å²) in [5, 5.41) is -1.33. The summed E-state index contributed by atoms with van der Waals surface area (Å²) in [6, 6.07) is 10.2. The predicted molar refractivity (Wildman–Crippen MR) is 72.5 cm³/mol. The molecule has 0 atom stereocenters. The molecule has 1 aromatic carbocycles. The van der Waals surface area contributed by atoms with E-state index in [1.807, 2.05) is 25.1 Å². The summed E-state index contributed by atoms with van der Waals surface area (Å²) in [4.78, 5) is 10.2. The highest BCUT2D eigenvalue weighted by atomic mass is 32.2. The Balaban J connectivity index is 0.000000321. The van der Waals surface area contributed by atoms with Crippen molar-refractivity contribution in [3.8, 4) is 0 Å². The maximum absolute atomic E-state index is 10.2. The Hall–Kier alpha value is -1.72. The second-order valence-electron chi connectivity index (χ2n) is 3.69. The normalized spacial score (nSPS) is 9.94. The third-order valence-corrected chi connectivity index (χ3v) is 2.67. The monoisotopic (exact) mass is 268 g/mol. The fourth-order valence-corrected chi connectivity index (χ4v) is 1.38. The molecule has 0 fully saturated rings. The summed E-state index contributed by atoms with van der Waals surface area (Å²) in [6.07, 6.45) is 0. The summed E-state index contributed by atoms with van der Waals surface area (Å²) in [6.45, 7) is 10.1. The zero-order valence-corrected chi connectivity index (χ0v) is 11.2. The van der Waals surface area contributed by atoms with Gasteiger partial charge >= 0.3 is 10.1 Å². The van der Waals surface area contributed by atoms with E-state index < -0.39 is 15.2 Å². The molecule has 0 heterocycles. The van der Waals surface area contributed by atoms with Gasteiger partial charge in [-0.05, 0) is 19.4 Å². The highest BCUT2D eigenvalue weighted by molar-refractivity contribution is 8.01. The molecule has 1 aromatic rings. The summed E-state index contributed by atoms with van der Waals surface area (Å²) < 4.78 is 27.9. The molecular formula is C13H16O4S. The minimum absolute atomic E-state index is 0.197. The maximum Gasteiger partial charge on any atom is 0.333 e. The Morgan fingerprint density at radius 2 is 1.56 bits per heavy atom. The van der Waals surface area contributed by atoms with Gasteiger partial charge in [0.25, 0.3) is 5.12 Å². The van der Waals surface area contributed by atoms with Crippen LogP contribution in [0.4, 0.5) is 0 Å². The van der Waals surface area contributed by atoms with Gasteiger partial charge in [-0.25, -0.2) is 0 Å². The number of benzene rings is 1. The van der Waals surface area contributed by atoms with Crippen LogP contribution in [0.3, 0.4) is 0 Å². The standard InChI is InChI=1S/C9H10.C4H6O4S/c1-8(2)9-6-4-3-5-7-9;1-3(2)4(5)9(6,7)8/h3-7H,1H2,2H3;1H2,2H3,(H,6,7,8). The molecule has 4 nitrogen and oxygen atoms in total. The third-order valence-electron chi connectivity index (χ3n) is 1.85. The van der Waals surface area contributed by atoms with Gasteiger partial charge in [-0.15, -0.1) is 0 Å². The minimum atomic E-state index is -4.54. The molecule has 0 aliphatic rings. The first-order valence-corrected chi connectivity index (χ1v) is 6.48. The van der Waals surface area contributed by atoms with E-state index in [1.165, 1.54) is 12.5 Å². The first-order chi connectivity index (χ1) is 8.16. The van der Waals surface area contributed by atoms with Crippen molar-refractivity contribution in [3.63, 3.8) is 0 Å². The van der Waals surface area contributed by atoms with Crippen LogP contribution in [0, 0.1) is 0 Å². The SMILES string of the molecule is C=C(C)C(=O)S(=O)(=O)O.C=C(C)c1ccccc1. The first kappa shape index (κ1) is 16.3. The summed E-state index contributed by atoms with van der Waals surface area (Å²) >= 11 is 0. The van der Waals surface area contributed by atoms with Gasteiger partial charge in [-0.3, -0.25) is 9.35 Å². The molecule has 0 aliphatic heterocycles. The van der Waals surface area contributed by atoms with Crippen LogP contribution in [0.1, 0.15) is 19.4 Å². The fourth-order valence-electron chi connectivity index (χ4n) is 0.943.